The summed E-state index contributed by atoms with van der Waals surface area (Å²) < 4.78 is 30.9. The average molecular weight is 474 g/mol. The van der Waals surface area contributed by atoms with Crippen LogP contribution in [0.3, 0.4) is 0 Å². The quantitative estimate of drug-likeness (QED) is 0.400. The number of ether oxygens (including phenoxy) is 3. The van der Waals surface area contributed by atoms with E-state index in [2.05, 4.69) is 21.2 Å². The number of rotatable bonds is 10. The second kappa shape index (κ2) is 11.0. The van der Waals surface area contributed by atoms with Gasteiger partial charge >= 0.3 is 0 Å². The van der Waals surface area contributed by atoms with Crippen molar-refractivity contribution in [3.05, 3.63) is 87.6 Å². The van der Waals surface area contributed by atoms with Gasteiger partial charge in [-0.25, -0.2) is 4.39 Å². The van der Waals surface area contributed by atoms with E-state index in [-0.39, 0.29) is 5.82 Å². The Hall–Kier alpha value is -2.57. The van der Waals surface area contributed by atoms with Crippen molar-refractivity contribution in [1.82, 2.24) is 5.32 Å². The lowest BCUT2D eigenvalue weighted by atomic mass is 10.1. The Balaban J connectivity index is 1.64. The molecule has 0 bridgehead atoms. The van der Waals surface area contributed by atoms with Crippen LogP contribution in [0.4, 0.5) is 4.39 Å². The summed E-state index contributed by atoms with van der Waals surface area (Å²) >= 11 is 3.63. The molecule has 158 valence electrons. The van der Waals surface area contributed by atoms with E-state index in [9.17, 15) is 4.39 Å². The SMILES string of the molecule is CCOc1cc(CNCc2ccc(OC)cc2)c(Br)cc1OCc1ccc(F)cc1. The van der Waals surface area contributed by atoms with Crippen LogP contribution in [0.2, 0.25) is 0 Å². The van der Waals surface area contributed by atoms with Crippen LogP contribution < -0.4 is 19.5 Å². The van der Waals surface area contributed by atoms with Crippen LogP contribution in [-0.2, 0) is 19.7 Å². The highest BCUT2D eigenvalue weighted by molar-refractivity contribution is 9.10. The Morgan fingerprint density at radius 2 is 1.53 bits per heavy atom. The van der Waals surface area contributed by atoms with Gasteiger partial charge in [-0.15, -0.1) is 0 Å². The highest BCUT2D eigenvalue weighted by atomic mass is 79.9. The van der Waals surface area contributed by atoms with Gasteiger partial charge in [0.05, 0.1) is 13.7 Å². The minimum absolute atomic E-state index is 0.261. The first kappa shape index (κ1) is 22.1. The molecule has 0 atom stereocenters. The van der Waals surface area contributed by atoms with Gasteiger partial charge in [0.15, 0.2) is 11.5 Å². The minimum atomic E-state index is -0.261. The molecule has 0 aliphatic carbocycles. The molecule has 3 aromatic rings. The number of benzene rings is 3. The zero-order valence-electron chi connectivity index (χ0n) is 17.1. The summed E-state index contributed by atoms with van der Waals surface area (Å²) in [5.74, 6) is 1.91. The number of hydrogen-bond donors (Lipinski definition) is 1. The highest BCUT2D eigenvalue weighted by Gasteiger charge is 2.11. The van der Waals surface area contributed by atoms with E-state index in [1.54, 1.807) is 19.2 Å². The molecule has 0 aromatic heterocycles. The molecule has 0 fully saturated rings. The summed E-state index contributed by atoms with van der Waals surface area (Å²) in [4.78, 5) is 0. The molecule has 0 unspecified atom stereocenters. The molecule has 0 heterocycles. The molecular weight excluding hydrogens is 449 g/mol. The minimum Gasteiger partial charge on any atom is -0.497 e. The third-order valence-corrected chi connectivity index (χ3v) is 5.26. The lowest BCUT2D eigenvalue weighted by Gasteiger charge is -2.16. The van der Waals surface area contributed by atoms with Gasteiger partial charge in [0.2, 0.25) is 0 Å². The lowest BCUT2D eigenvalue weighted by Crippen LogP contribution is -2.13. The molecular formula is C24H25BrFNO3. The molecule has 0 aliphatic heterocycles. The fourth-order valence-electron chi connectivity index (χ4n) is 2.92. The molecule has 0 saturated heterocycles. The summed E-state index contributed by atoms with van der Waals surface area (Å²) in [7, 11) is 1.66. The van der Waals surface area contributed by atoms with E-state index in [0.29, 0.717) is 31.3 Å². The van der Waals surface area contributed by atoms with Gasteiger partial charge in [0.1, 0.15) is 18.2 Å². The summed E-state index contributed by atoms with van der Waals surface area (Å²) in [6.07, 6.45) is 0. The maximum absolute atomic E-state index is 13.1. The normalized spacial score (nSPS) is 10.7. The van der Waals surface area contributed by atoms with Crippen LogP contribution in [0.25, 0.3) is 0 Å². The Labute approximate surface area is 185 Å². The fourth-order valence-corrected chi connectivity index (χ4v) is 3.38. The number of hydrogen-bond acceptors (Lipinski definition) is 4. The predicted molar refractivity (Wildman–Crippen MR) is 120 cm³/mol. The Bertz CT molecular complexity index is 946. The molecule has 0 spiro atoms. The molecule has 6 heteroatoms. The third-order valence-electron chi connectivity index (χ3n) is 4.52. The van der Waals surface area contributed by atoms with Crippen molar-refractivity contribution >= 4 is 15.9 Å². The highest BCUT2D eigenvalue weighted by Crippen LogP contribution is 2.34. The van der Waals surface area contributed by atoms with Gasteiger partial charge in [-0.2, -0.15) is 0 Å². The van der Waals surface area contributed by atoms with Crippen molar-refractivity contribution in [3.8, 4) is 17.2 Å². The first-order valence-electron chi connectivity index (χ1n) is 9.75. The molecule has 3 aromatic carbocycles. The summed E-state index contributed by atoms with van der Waals surface area (Å²) in [5, 5.41) is 3.45. The zero-order chi connectivity index (χ0) is 21.3. The van der Waals surface area contributed by atoms with Crippen LogP contribution in [0.15, 0.2) is 65.1 Å². The van der Waals surface area contributed by atoms with Crippen LogP contribution >= 0.6 is 15.9 Å². The third kappa shape index (κ3) is 6.21. The van der Waals surface area contributed by atoms with Crippen molar-refractivity contribution in [1.29, 1.82) is 0 Å². The average Bonchev–Trinajstić information content (AvgIpc) is 2.76. The van der Waals surface area contributed by atoms with Gasteiger partial charge in [-0.1, -0.05) is 40.2 Å². The van der Waals surface area contributed by atoms with Gasteiger partial charge in [-0.3, -0.25) is 0 Å². The van der Waals surface area contributed by atoms with Crippen molar-refractivity contribution < 1.29 is 18.6 Å². The molecule has 0 amide bonds. The van der Waals surface area contributed by atoms with Crippen LogP contribution in [0, 0.1) is 5.82 Å². The second-order valence-electron chi connectivity index (χ2n) is 6.69. The topological polar surface area (TPSA) is 39.7 Å². The van der Waals surface area contributed by atoms with E-state index in [0.717, 1.165) is 27.9 Å². The van der Waals surface area contributed by atoms with E-state index < -0.39 is 0 Å². The molecule has 1 N–H and O–H groups in total. The standard InChI is InChI=1S/C24H25BrFNO3/c1-3-29-23-12-19(15-27-14-17-6-10-21(28-2)11-7-17)22(25)13-24(23)30-16-18-4-8-20(26)9-5-18/h4-13,27H,3,14-16H2,1-2H3. The molecule has 0 aliphatic rings. The van der Waals surface area contributed by atoms with Crippen LogP contribution in [-0.4, -0.2) is 13.7 Å². The Morgan fingerprint density at radius 3 is 2.20 bits per heavy atom. The molecule has 30 heavy (non-hydrogen) atoms. The van der Waals surface area contributed by atoms with Crippen LogP contribution in [0.1, 0.15) is 23.6 Å². The van der Waals surface area contributed by atoms with Crippen LogP contribution in [0.5, 0.6) is 17.2 Å². The monoisotopic (exact) mass is 473 g/mol. The molecule has 0 radical (unpaired) electrons. The largest absolute Gasteiger partial charge is 0.497 e. The van der Waals surface area contributed by atoms with Gasteiger partial charge in [0.25, 0.3) is 0 Å². The maximum atomic E-state index is 13.1. The van der Waals surface area contributed by atoms with E-state index in [1.807, 2.05) is 43.3 Å². The van der Waals surface area contributed by atoms with Crippen molar-refractivity contribution in [2.75, 3.05) is 13.7 Å². The summed E-state index contributed by atoms with van der Waals surface area (Å²) in [5.41, 5.74) is 3.14. The fraction of sp³-hybridized carbons (Fsp3) is 0.250. The second-order valence-corrected chi connectivity index (χ2v) is 7.54. The molecule has 0 saturated carbocycles. The first-order chi connectivity index (χ1) is 14.6. The zero-order valence-corrected chi connectivity index (χ0v) is 18.7. The molecule has 3 rings (SSSR count). The number of methoxy groups -OCH3 is 1. The molecule has 4 nitrogen and oxygen atoms in total. The lowest BCUT2D eigenvalue weighted by molar-refractivity contribution is 0.268. The van der Waals surface area contributed by atoms with Crippen molar-refractivity contribution in [3.63, 3.8) is 0 Å². The Kier molecular flexibility index (Phi) is 8.11. The van der Waals surface area contributed by atoms with Crippen molar-refractivity contribution in [2.24, 2.45) is 0 Å². The van der Waals surface area contributed by atoms with Crippen molar-refractivity contribution in [2.45, 2.75) is 26.6 Å². The van der Waals surface area contributed by atoms with Gasteiger partial charge < -0.3 is 19.5 Å². The Morgan fingerprint density at radius 1 is 0.867 bits per heavy atom. The number of halogens is 2. The predicted octanol–water partition coefficient (Wildman–Crippen LogP) is 5.86. The maximum Gasteiger partial charge on any atom is 0.162 e. The smallest absolute Gasteiger partial charge is 0.162 e. The number of nitrogens with one attached hydrogen (secondary N) is 1. The summed E-state index contributed by atoms with van der Waals surface area (Å²) in [6, 6.07) is 18.2. The van der Waals surface area contributed by atoms with E-state index in [1.165, 1.54) is 17.7 Å². The summed E-state index contributed by atoms with van der Waals surface area (Å²) in [6.45, 7) is 4.22. The van der Waals surface area contributed by atoms with E-state index in [4.69, 9.17) is 14.2 Å². The first-order valence-corrected chi connectivity index (χ1v) is 10.5. The van der Waals surface area contributed by atoms with Gasteiger partial charge in [-0.05, 0) is 60.0 Å². The van der Waals surface area contributed by atoms with E-state index >= 15 is 0 Å². The van der Waals surface area contributed by atoms with Gasteiger partial charge in [0, 0.05) is 17.6 Å².